The van der Waals surface area contributed by atoms with Crippen LogP contribution in [0.4, 0.5) is 0 Å². The Hall–Kier alpha value is -3.08. The number of ether oxygens (including phenoxy) is 1. The Morgan fingerprint density at radius 1 is 1.21 bits per heavy atom. The number of aryl methyl sites for hydroxylation is 1. The highest BCUT2D eigenvalue weighted by Crippen LogP contribution is 2.41. The van der Waals surface area contributed by atoms with Crippen LogP contribution in [0.25, 0.3) is 5.76 Å². The zero-order valence-electron chi connectivity index (χ0n) is 16.1. The van der Waals surface area contributed by atoms with Gasteiger partial charge in [-0.25, -0.2) is 0 Å². The number of hydrogen-bond acceptors (Lipinski definition) is 4. The predicted molar refractivity (Wildman–Crippen MR) is 106 cm³/mol. The average Bonchev–Trinajstić information content (AvgIpc) is 3.26. The molecule has 1 unspecified atom stereocenters. The van der Waals surface area contributed by atoms with Crippen molar-refractivity contribution in [2.24, 2.45) is 0 Å². The van der Waals surface area contributed by atoms with Crippen molar-refractivity contribution in [3.05, 3.63) is 70.3 Å². The first-order chi connectivity index (χ1) is 13.5. The molecule has 1 amide bonds. The van der Waals surface area contributed by atoms with Crippen molar-refractivity contribution in [3.63, 3.8) is 0 Å². The molecule has 5 nitrogen and oxygen atoms in total. The first kappa shape index (κ1) is 18.3. The second-order valence-electron chi connectivity index (χ2n) is 7.27. The highest BCUT2D eigenvalue weighted by atomic mass is 16.5. The third kappa shape index (κ3) is 2.87. The molecule has 1 fully saturated rings. The number of Topliss-reactive ketones (excluding diaryl/α,β-unsaturated/α-hetero) is 1. The number of carbonyl (C=O) groups is 2. The van der Waals surface area contributed by atoms with E-state index >= 15 is 0 Å². The van der Waals surface area contributed by atoms with Crippen LogP contribution < -0.4 is 4.74 Å². The van der Waals surface area contributed by atoms with Crippen LogP contribution in [0.2, 0.25) is 0 Å². The molecule has 4 rings (SSSR count). The molecular weight excluding hydrogens is 354 g/mol. The van der Waals surface area contributed by atoms with E-state index in [1.807, 2.05) is 50.2 Å². The van der Waals surface area contributed by atoms with E-state index in [4.69, 9.17) is 4.74 Å². The lowest BCUT2D eigenvalue weighted by Gasteiger charge is -2.26. The number of ketones is 1. The minimum Gasteiger partial charge on any atom is -0.507 e. The number of benzene rings is 2. The second kappa shape index (κ2) is 7.15. The molecule has 0 saturated carbocycles. The van der Waals surface area contributed by atoms with Crippen molar-refractivity contribution in [2.45, 2.75) is 32.7 Å². The molecule has 1 N–H and O–H groups in total. The lowest BCUT2D eigenvalue weighted by Crippen LogP contribution is -2.30. The molecule has 0 radical (unpaired) electrons. The summed E-state index contributed by atoms with van der Waals surface area (Å²) in [5, 5.41) is 11.1. The van der Waals surface area contributed by atoms with Crippen molar-refractivity contribution in [2.75, 3.05) is 13.2 Å². The third-order valence-electron chi connectivity index (χ3n) is 5.45. The molecule has 0 bridgehead atoms. The third-order valence-corrected chi connectivity index (χ3v) is 5.45. The predicted octanol–water partition coefficient (Wildman–Crippen LogP) is 3.76. The van der Waals surface area contributed by atoms with E-state index in [-0.39, 0.29) is 11.3 Å². The summed E-state index contributed by atoms with van der Waals surface area (Å²) >= 11 is 0. The van der Waals surface area contributed by atoms with Crippen LogP contribution in [-0.4, -0.2) is 34.8 Å². The Bertz CT molecular complexity index is 992. The molecule has 2 aromatic carbocycles. The van der Waals surface area contributed by atoms with E-state index in [9.17, 15) is 14.7 Å². The highest BCUT2D eigenvalue weighted by Gasteiger charge is 2.46. The average molecular weight is 377 g/mol. The van der Waals surface area contributed by atoms with Crippen molar-refractivity contribution < 1.29 is 19.4 Å². The summed E-state index contributed by atoms with van der Waals surface area (Å²) in [6.45, 7) is 4.99. The normalized spacial score (nSPS) is 20.4. The molecule has 2 heterocycles. The molecule has 2 aromatic rings. The fourth-order valence-electron chi connectivity index (χ4n) is 4.06. The van der Waals surface area contributed by atoms with Gasteiger partial charge in [-0.3, -0.25) is 9.59 Å². The lowest BCUT2D eigenvalue weighted by atomic mass is 9.92. The van der Waals surface area contributed by atoms with Crippen molar-refractivity contribution in [1.29, 1.82) is 0 Å². The van der Waals surface area contributed by atoms with E-state index in [1.165, 1.54) is 0 Å². The lowest BCUT2D eigenvalue weighted by molar-refractivity contribution is -0.139. The number of likely N-dealkylation sites (tertiary alicyclic amines) is 1. The van der Waals surface area contributed by atoms with Gasteiger partial charge >= 0.3 is 0 Å². The van der Waals surface area contributed by atoms with Gasteiger partial charge in [0.25, 0.3) is 11.7 Å². The second-order valence-corrected chi connectivity index (χ2v) is 7.27. The number of aliphatic hydroxyl groups excluding tert-OH is 1. The Labute approximate surface area is 164 Å². The molecular formula is C23H23NO4. The number of aliphatic hydroxyl groups is 1. The number of amides is 1. The summed E-state index contributed by atoms with van der Waals surface area (Å²) < 4.78 is 5.53. The summed E-state index contributed by atoms with van der Waals surface area (Å²) in [5.41, 5.74) is 3.54. The molecule has 28 heavy (non-hydrogen) atoms. The first-order valence-corrected chi connectivity index (χ1v) is 9.63. The molecule has 5 heteroatoms. The van der Waals surface area contributed by atoms with Gasteiger partial charge in [0, 0.05) is 18.5 Å². The minimum absolute atomic E-state index is 0.125. The smallest absolute Gasteiger partial charge is 0.295 e. The summed E-state index contributed by atoms with van der Waals surface area (Å²) in [5.74, 6) is -0.504. The van der Waals surface area contributed by atoms with Crippen LogP contribution in [0.15, 0.2) is 48.0 Å². The molecule has 0 aromatic heterocycles. The quantitative estimate of drug-likeness (QED) is 0.500. The van der Waals surface area contributed by atoms with Crippen molar-refractivity contribution >= 4 is 17.4 Å². The summed E-state index contributed by atoms with van der Waals surface area (Å²) in [4.78, 5) is 27.2. The fraction of sp³-hybridized carbons (Fsp3) is 0.304. The topological polar surface area (TPSA) is 66.8 Å². The van der Waals surface area contributed by atoms with Crippen LogP contribution in [0.1, 0.15) is 41.6 Å². The summed E-state index contributed by atoms with van der Waals surface area (Å²) in [7, 11) is 0. The molecule has 144 valence electrons. The molecule has 0 aliphatic carbocycles. The largest absolute Gasteiger partial charge is 0.507 e. The van der Waals surface area contributed by atoms with Gasteiger partial charge in [0.15, 0.2) is 0 Å². The van der Waals surface area contributed by atoms with E-state index in [1.54, 1.807) is 11.0 Å². The van der Waals surface area contributed by atoms with Crippen molar-refractivity contribution in [3.8, 4) is 5.75 Å². The van der Waals surface area contributed by atoms with Gasteiger partial charge in [0.2, 0.25) is 0 Å². The van der Waals surface area contributed by atoms with E-state index in [0.29, 0.717) is 18.7 Å². The van der Waals surface area contributed by atoms with Gasteiger partial charge in [-0.1, -0.05) is 31.2 Å². The Morgan fingerprint density at radius 2 is 2.00 bits per heavy atom. The maximum atomic E-state index is 12.9. The van der Waals surface area contributed by atoms with E-state index in [2.05, 4.69) is 0 Å². The fourth-order valence-corrected chi connectivity index (χ4v) is 4.06. The van der Waals surface area contributed by atoms with Gasteiger partial charge in [-0.15, -0.1) is 0 Å². The van der Waals surface area contributed by atoms with Gasteiger partial charge < -0.3 is 14.7 Å². The standard InChI is InChI=1S/C23H23NO4/c1-3-11-24-20(17-7-5-4-6-14(17)2)19(22(26)23(24)27)21(25)16-8-9-18-15(13-16)10-12-28-18/h4-9,13,20,25H,3,10-12H2,1-2H3/b21-19+. The Morgan fingerprint density at radius 3 is 2.75 bits per heavy atom. The maximum absolute atomic E-state index is 12.9. The minimum atomic E-state index is -0.629. The van der Waals surface area contributed by atoms with Gasteiger partial charge in [0.05, 0.1) is 18.2 Å². The van der Waals surface area contributed by atoms with Crippen LogP contribution in [0.3, 0.4) is 0 Å². The number of hydrogen-bond donors (Lipinski definition) is 1. The van der Waals surface area contributed by atoms with Crippen LogP contribution in [-0.2, 0) is 16.0 Å². The van der Waals surface area contributed by atoms with Crippen LogP contribution >= 0.6 is 0 Å². The monoisotopic (exact) mass is 377 g/mol. The maximum Gasteiger partial charge on any atom is 0.295 e. The molecule has 2 aliphatic heterocycles. The number of rotatable bonds is 4. The SMILES string of the molecule is CCCN1C(=O)C(=O)/C(=C(/O)c2ccc3c(c2)CCO3)C1c1ccccc1C. The summed E-state index contributed by atoms with van der Waals surface area (Å²) in [6.07, 6.45) is 1.49. The van der Waals surface area contributed by atoms with E-state index < -0.39 is 17.7 Å². The van der Waals surface area contributed by atoms with Crippen LogP contribution in [0, 0.1) is 6.92 Å². The number of nitrogens with zero attached hydrogens (tertiary/aromatic N) is 1. The van der Waals surface area contributed by atoms with Crippen LogP contribution in [0.5, 0.6) is 5.75 Å². The van der Waals surface area contributed by atoms with Crippen molar-refractivity contribution in [1.82, 2.24) is 4.90 Å². The molecule has 0 spiro atoms. The Kier molecular flexibility index (Phi) is 4.67. The first-order valence-electron chi connectivity index (χ1n) is 9.63. The highest BCUT2D eigenvalue weighted by molar-refractivity contribution is 6.46. The van der Waals surface area contributed by atoms with Gasteiger partial charge in [0.1, 0.15) is 11.5 Å². The zero-order chi connectivity index (χ0) is 19.8. The Balaban J connectivity index is 1.89. The molecule has 1 saturated heterocycles. The summed E-state index contributed by atoms with van der Waals surface area (Å²) in [6, 6.07) is 12.5. The molecule has 1 atom stereocenters. The molecule has 2 aliphatic rings. The van der Waals surface area contributed by atoms with Gasteiger partial charge in [-0.05, 0) is 48.2 Å². The van der Waals surface area contributed by atoms with E-state index in [0.717, 1.165) is 35.3 Å². The zero-order valence-corrected chi connectivity index (χ0v) is 16.1. The number of fused-ring (bicyclic) bond motifs is 1. The van der Waals surface area contributed by atoms with Gasteiger partial charge in [-0.2, -0.15) is 0 Å². The number of carbonyl (C=O) groups excluding carboxylic acids is 2.